The molecule has 0 aliphatic carbocycles. The lowest BCUT2D eigenvalue weighted by Crippen LogP contribution is -2.48. The highest BCUT2D eigenvalue weighted by atomic mass is 19.4. The first kappa shape index (κ1) is 30.2. The molecule has 41 heavy (non-hydrogen) atoms. The molecule has 0 radical (unpaired) electrons. The van der Waals surface area contributed by atoms with E-state index in [1.807, 2.05) is 6.92 Å². The van der Waals surface area contributed by atoms with Gasteiger partial charge in [-0.1, -0.05) is 12.1 Å². The van der Waals surface area contributed by atoms with Gasteiger partial charge in [-0.25, -0.2) is 4.79 Å². The van der Waals surface area contributed by atoms with Gasteiger partial charge in [0.25, 0.3) is 0 Å². The molecule has 222 valence electrons. The van der Waals surface area contributed by atoms with Gasteiger partial charge in [0.1, 0.15) is 5.76 Å². The van der Waals surface area contributed by atoms with Crippen LogP contribution in [0.2, 0.25) is 0 Å². The van der Waals surface area contributed by atoms with Crippen molar-refractivity contribution in [2.75, 3.05) is 16.4 Å². The van der Waals surface area contributed by atoms with Gasteiger partial charge in [-0.3, -0.25) is 9.88 Å². The molecule has 1 aromatic carbocycles. The van der Waals surface area contributed by atoms with Gasteiger partial charge in [-0.05, 0) is 70.4 Å². The molecule has 2 atom stereocenters. The molecule has 1 amide bonds. The van der Waals surface area contributed by atoms with E-state index < -0.39 is 41.7 Å². The van der Waals surface area contributed by atoms with Crippen LogP contribution in [0.15, 0.2) is 34.9 Å². The Kier molecular flexibility index (Phi) is 8.28. The van der Waals surface area contributed by atoms with Gasteiger partial charge in [-0.15, -0.1) is 0 Å². The average molecular weight is 585 g/mol. The number of aryl methyl sites for hydroxylation is 3. The number of hydrogen-bond acceptors (Lipinski definition) is 6. The van der Waals surface area contributed by atoms with Crippen molar-refractivity contribution in [3.63, 3.8) is 0 Å². The number of hydrogen-bond donors (Lipinski definition) is 0. The fourth-order valence-corrected chi connectivity index (χ4v) is 5.32. The third-order valence-corrected chi connectivity index (χ3v) is 7.01. The number of amides is 1. The van der Waals surface area contributed by atoms with E-state index in [9.17, 15) is 31.1 Å². The number of pyridine rings is 1. The highest BCUT2D eigenvalue weighted by Gasteiger charge is 2.42. The molecule has 4 rings (SSSR count). The normalized spacial score (nSPS) is 17.4. The van der Waals surface area contributed by atoms with E-state index in [1.165, 1.54) is 4.90 Å². The minimum Gasteiger partial charge on any atom is -0.449 e. The van der Waals surface area contributed by atoms with Gasteiger partial charge >= 0.3 is 18.4 Å². The van der Waals surface area contributed by atoms with Crippen molar-refractivity contribution in [2.24, 2.45) is 0 Å². The van der Waals surface area contributed by atoms with Crippen molar-refractivity contribution < 1.29 is 40.4 Å². The molecule has 3 heterocycles. The zero-order valence-corrected chi connectivity index (χ0v) is 23.2. The van der Waals surface area contributed by atoms with Crippen LogP contribution in [0.4, 0.5) is 42.6 Å². The third-order valence-electron chi connectivity index (χ3n) is 7.01. The van der Waals surface area contributed by atoms with Gasteiger partial charge in [0.2, 0.25) is 0 Å². The smallest absolute Gasteiger partial charge is 0.416 e. The van der Waals surface area contributed by atoms with E-state index in [1.54, 1.807) is 44.7 Å². The summed E-state index contributed by atoms with van der Waals surface area (Å²) in [4.78, 5) is 20.8. The molecule has 2 unspecified atom stereocenters. The lowest BCUT2D eigenvalue weighted by atomic mass is 9.87. The Bertz CT molecular complexity index is 1390. The number of ether oxygens (including phenoxy) is 1. The molecule has 0 saturated heterocycles. The summed E-state index contributed by atoms with van der Waals surface area (Å²) in [6, 6.07) is 3.85. The highest BCUT2D eigenvalue weighted by molar-refractivity contribution is 5.91. The SMILES string of the molecule is CCOC(=O)N1c2c(cc(C)nc2C)C(N(Cc2cc(C(F)(F)F)cc(C(F)(F)F)c2)c2cc(C)on2)CC1CC. The van der Waals surface area contributed by atoms with Crippen LogP contribution in [0.5, 0.6) is 0 Å². The molecule has 3 aromatic rings. The molecule has 2 aromatic heterocycles. The first-order valence-corrected chi connectivity index (χ1v) is 13.1. The first-order chi connectivity index (χ1) is 19.1. The molecule has 7 nitrogen and oxygen atoms in total. The highest BCUT2D eigenvalue weighted by Crippen LogP contribution is 2.46. The number of carbonyl (C=O) groups is 1. The van der Waals surface area contributed by atoms with E-state index in [-0.39, 0.29) is 30.6 Å². The lowest BCUT2D eigenvalue weighted by Gasteiger charge is -2.44. The molecule has 0 spiro atoms. The number of nitrogens with zero attached hydrogens (tertiary/aromatic N) is 4. The van der Waals surface area contributed by atoms with Crippen LogP contribution < -0.4 is 9.80 Å². The van der Waals surface area contributed by atoms with Crippen LogP contribution in [-0.4, -0.2) is 28.9 Å². The predicted molar refractivity (Wildman–Crippen MR) is 139 cm³/mol. The maximum absolute atomic E-state index is 13.7. The molecule has 13 heteroatoms. The van der Waals surface area contributed by atoms with Crippen molar-refractivity contribution >= 4 is 17.6 Å². The van der Waals surface area contributed by atoms with Crippen LogP contribution in [0.1, 0.15) is 72.1 Å². The van der Waals surface area contributed by atoms with Gasteiger partial charge in [0, 0.05) is 29.9 Å². The van der Waals surface area contributed by atoms with E-state index in [0.717, 1.165) is 0 Å². The maximum Gasteiger partial charge on any atom is 0.416 e. The number of benzene rings is 1. The Hall–Kier alpha value is -3.77. The number of carbonyl (C=O) groups excluding carboxylic acids is 1. The second-order valence-corrected chi connectivity index (χ2v) is 10.0. The molecule has 1 aliphatic rings. The quantitative estimate of drug-likeness (QED) is 0.274. The minimum absolute atomic E-state index is 0.104. The van der Waals surface area contributed by atoms with Gasteiger partial charge < -0.3 is 14.2 Å². The number of halogens is 6. The Morgan fingerprint density at radius 1 is 1.02 bits per heavy atom. The summed E-state index contributed by atoms with van der Waals surface area (Å²) in [6.07, 6.45) is -9.76. The fourth-order valence-electron chi connectivity index (χ4n) is 5.32. The van der Waals surface area contributed by atoms with Crippen LogP contribution >= 0.6 is 0 Å². The molecular weight excluding hydrogens is 554 g/mol. The standard InChI is InChI=1S/C28H30F6N4O3/c1-6-21-13-23(22-8-15(3)35-17(5)25(22)38(21)26(39)40-7-2)37(24-9-16(4)41-36-24)14-18-10-19(27(29,30)31)12-20(11-18)28(32,33)34/h8-12,21,23H,6-7,13-14H2,1-5H3. The predicted octanol–water partition coefficient (Wildman–Crippen LogP) is 7.93. The van der Waals surface area contributed by atoms with Crippen LogP contribution in [0.3, 0.4) is 0 Å². The molecule has 1 aliphatic heterocycles. The number of rotatable bonds is 6. The van der Waals surface area contributed by atoms with Crippen molar-refractivity contribution in [1.29, 1.82) is 0 Å². The van der Waals surface area contributed by atoms with Crippen LogP contribution in [0.25, 0.3) is 0 Å². The summed E-state index contributed by atoms with van der Waals surface area (Å²) in [5.41, 5.74) is -0.751. The van der Waals surface area contributed by atoms with Gasteiger partial charge in [0.15, 0.2) is 5.82 Å². The van der Waals surface area contributed by atoms with E-state index in [0.29, 0.717) is 53.4 Å². The number of fused-ring (bicyclic) bond motifs is 1. The van der Waals surface area contributed by atoms with Crippen LogP contribution in [0, 0.1) is 20.8 Å². The second-order valence-electron chi connectivity index (χ2n) is 10.0. The maximum atomic E-state index is 13.7. The average Bonchev–Trinajstić information content (AvgIpc) is 3.31. The molecule has 0 bridgehead atoms. The zero-order valence-electron chi connectivity index (χ0n) is 23.2. The second kappa shape index (κ2) is 11.2. The summed E-state index contributed by atoms with van der Waals surface area (Å²) >= 11 is 0. The Balaban J connectivity index is 1.91. The minimum atomic E-state index is -4.99. The molecular formula is C28H30F6N4O3. The van der Waals surface area contributed by atoms with Crippen molar-refractivity contribution in [2.45, 2.75) is 78.4 Å². The number of aromatic nitrogens is 2. The Morgan fingerprint density at radius 3 is 2.17 bits per heavy atom. The first-order valence-electron chi connectivity index (χ1n) is 13.1. The van der Waals surface area contributed by atoms with Crippen molar-refractivity contribution in [3.05, 3.63) is 69.7 Å². The monoisotopic (exact) mass is 584 g/mol. The summed E-state index contributed by atoms with van der Waals surface area (Å²) in [5.74, 6) is 0.638. The molecule has 0 fully saturated rings. The third kappa shape index (κ3) is 6.28. The van der Waals surface area contributed by atoms with E-state index in [4.69, 9.17) is 9.26 Å². The summed E-state index contributed by atoms with van der Waals surface area (Å²) in [7, 11) is 0. The largest absolute Gasteiger partial charge is 0.449 e. The zero-order chi connectivity index (χ0) is 30.3. The Morgan fingerprint density at radius 2 is 1.66 bits per heavy atom. The van der Waals surface area contributed by atoms with Gasteiger partial charge in [-0.2, -0.15) is 26.3 Å². The van der Waals surface area contributed by atoms with Crippen molar-refractivity contribution in [3.8, 4) is 0 Å². The summed E-state index contributed by atoms with van der Waals surface area (Å²) in [6.45, 7) is 8.49. The van der Waals surface area contributed by atoms with Gasteiger partial charge in [0.05, 0.1) is 35.2 Å². The molecule has 0 N–H and O–H groups in total. The Labute approximate surface area is 233 Å². The number of anilines is 2. The van der Waals surface area contributed by atoms with Crippen molar-refractivity contribution in [1.82, 2.24) is 10.1 Å². The topological polar surface area (TPSA) is 71.7 Å². The number of alkyl halides is 6. The van der Waals surface area contributed by atoms with E-state index in [2.05, 4.69) is 10.1 Å². The summed E-state index contributed by atoms with van der Waals surface area (Å²) < 4.78 is 92.5. The van der Waals surface area contributed by atoms with E-state index >= 15 is 0 Å². The lowest BCUT2D eigenvalue weighted by molar-refractivity contribution is -0.143. The molecule has 0 saturated carbocycles. The summed E-state index contributed by atoms with van der Waals surface area (Å²) in [5, 5.41) is 4.07. The van der Waals surface area contributed by atoms with Crippen LogP contribution in [-0.2, 0) is 23.6 Å². The fraction of sp³-hybridized carbons (Fsp3) is 0.464.